The molecule has 1 aromatic heterocycles. The van der Waals surface area contributed by atoms with Crippen molar-refractivity contribution < 1.29 is 4.79 Å². The predicted molar refractivity (Wildman–Crippen MR) is 75.2 cm³/mol. The summed E-state index contributed by atoms with van der Waals surface area (Å²) in [6.07, 6.45) is 5.54. The minimum absolute atomic E-state index is 0.134. The number of anilines is 2. The van der Waals surface area contributed by atoms with Crippen LogP contribution in [0.5, 0.6) is 0 Å². The van der Waals surface area contributed by atoms with Crippen molar-refractivity contribution in [3.05, 3.63) is 12.4 Å². The van der Waals surface area contributed by atoms with Crippen LogP contribution in [0.25, 0.3) is 0 Å². The van der Waals surface area contributed by atoms with E-state index in [0.717, 1.165) is 25.2 Å². The Kier molecular flexibility index (Phi) is 4.31. The second-order valence-corrected chi connectivity index (χ2v) is 4.99. The summed E-state index contributed by atoms with van der Waals surface area (Å²) in [5.74, 6) is 1.23. The second kappa shape index (κ2) is 5.97. The molecule has 6 nitrogen and oxygen atoms in total. The van der Waals surface area contributed by atoms with Crippen molar-refractivity contribution in [1.82, 2.24) is 15.3 Å². The molecule has 0 aromatic carbocycles. The fourth-order valence-electron chi connectivity index (χ4n) is 2.49. The first-order valence-corrected chi connectivity index (χ1v) is 6.63. The molecule has 1 aliphatic heterocycles. The van der Waals surface area contributed by atoms with E-state index < -0.39 is 0 Å². The zero-order chi connectivity index (χ0) is 13.8. The van der Waals surface area contributed by atoms with Gasteiger partial charge in [0.05, 0.1) is 12.4 Å². The molecular weight excluding hydrogens is 242 g/mol. The summed E-state index contributed by atoms with van der Waals surface area (Å²) in [4.78, 5) is 21.8. The number of hydrogen-bond donors (Lipinski definition) is 2. The Morgan fingerprint density at radius 1 is 1.42 bits per heavy atom. The lowest BCUT2D eigenvalue weighted by molar-refractivity contribution is -0.114. The van der Waals surface area contributed by atoms with E-state index in [-0.39, 0.29) is 5.91 Å². The minimum atomic E-state index is -0.134. The zero-order valence-corrected chi connectivity index (χ0v) is 11.7. The molecule has 1 fully saturated rings. The lowest BCUT2D eigenvalue weighted by atomic mass is 9.98. The van der Waals surface area contributed by atoms with Gasteiger partial charge in [0.25, 0.3) is 0 Å². The van der Waals surface area contributed by atoms with E-state index in [1.54, 1.807) is 12.4 Å². The zero-order valence-electron chi connectivity index (χ0n) is 11.7. The van der Waals surface area contributed by atoms with Crippen LogP contribution in [0.15, 0.2) is 12.4 Å². The van der Waals surface area contributed by atoms with Gasteiger partial charge in [0.15, 0.2) is 5.82 Å². The van der Waals surface area contributed by atoms with Gasteiger partial charge in [0, 0.05) is 25.6 Å². The lowest BCUT2D eigenvalue weighted by Crippen LogP contribution is -2.47. The third-order valence-electron chi connectivity index (χ3n) is 3.52. The molecule has 1 aliphatic rings. The molecule has 2 N–H and O–H groups in total. The number of carbonyl (C=O) groups excluding carboxylic acids is 1. The fraction of sp³-hybridized carbons (Fsp3) is 0.615. The van der Waals surface area contributed by atoms with Gasteiger partial charge >= 0.3 is 0 Å². The SMILES string of the molecule is CN[C@H]1CCN(c2cnc(NC(C)=O)cn2)[C@@H](C)C1. The molecule has 1 aromatic rings. The first kappa shape index (κ1) is 13.7. The maximum Gasteiger partial charge on any atom is 0.222 e. The van der Waals surface area contributed by atoms with Crippen molar-refractivity contribution in [3.8, 4) is 0 Å². The van der Waals surface area contributed by atoms with Crippen molar-refractivity contribution in [3.63, 3.8) is 0 Å². The Morgan fingerprint density at radius 2 is 2.21 bits per heavy atom. The van der Waals surface area contributed by atoms with Crippen molar-refractivity contribution in [2.24, 2.45) is 0 Å². The molecule has 0 unspecified atom stereocenters. The third kappa shape index (κ3) is 3.41. The highest BCUT2D eigenvalue weighted by Crippen LogP contribution is 2.22. The van der Waals surface area contributed by atoms with Gasteiger partial charge in [-0.15, -0.1) is 0 Å². The number of nitrogens with zero attached hydrogens (tertiary/aromatic N) is 3. The van der Waals surface area contributed by atoms with Gasteiger partial charge in [-0.05, 0) is 26.8 Å². The maximum atomic E-state index is 10.9. The van der Waals surface area contributed by atoms with Crippen LogP contribution in [0.4, 0.5) is 11.6 Å². The Labute approximate surface area is 113 Å². The van der Waals surface area contributed by atoms with Gasteiger partial charge in [-0.1, -0.05) is 0 Å². The standard InChI is InChI=1S/C13H21N5O/c1-9-6-11(14-3)4-5-18(9)13-8-15-12(7-16-13)17-10(2)19/h7-9,11,14H,4-6H2,1-3H3,(H,15,17,19)/t9-,11-/m0/s1. The molecule has 2 atom stereocenters. The molecule has 2 heterocycles. The van der Waals surface area contributed by atoms with Crippen LogP contribution in [0.3, 0.4) is 0 Å². The van der Waals surface area contributed by atoms with Crippen LogP contribution in [-0.4, -0.2) is 41.6 Å². The molecule has 0 radical (unpaired) electrons. The molecule has 1 saturated heterocycles. The highest BCUT2D eigenvalue weighted by Gasteiger charge is 2.25. The molecule has 104 valence electrons. The molecule has 6 heteroatoms. The highest BCUT2D eigenvalue weighted by atomic mass is 16.1. The molecule has 0 bridgehead atoms. The van der Waals surface area contributed by atoms with Gasteiger partial charge < -0.3 is 15.5 Å². The van der Waals surface area contributed by atoms with Gasteiger partial charge in [0.2, 0.25) is 5.91 Å². The van der Waals surface area contributed by atoms with Crippen molar-refractivity contribution >= 4 is 17.5 Å². The second-order valence-electron chi connectivity index (χ2n) is 4.99. The Balaban J connectivity index is 2.04. The minimum Gasteiger partial charge on any atom is -0.353 e. The van der Waals surface area contributed by atoms with E-state index >= 15 is 0 Å². The largest absolute Gasteiger partial charge is 0.353 e. The van der Waals surface area contributed by atoms with E-state index in [2.05, 4.69) is 32.4 Å². The smallest absolute Gasteiger partial charge is 0.222 e. The molecular formula is C13H21N5O. The lowest BCUT2D eigenvalue weighted by Gasteiger charge is -2.38. The normalized spacial score (nSPS) is 23.2. The first-order valence-electron chi connectivity index (χ1n) is 6.63. The topological polar surface area (TPSA) is 70.2 Å². The number of hydrogen-bond acceptors (Lipinski definition) is 5. The van der Waals surface area contributed by atoms with E-state index in [1.165, 1.54) is 6.92 Å². The average molecular weight is 263 g/mol. The summed E-state index contributed by atoms with van der Waals surface area (Å²) in [6, 6.07) is 1.02. The Hall–Kier alpha value is -1.69. The number of piperidine rings is 1. The predicted octanol–water partition coefficient (Wildman–Crippen LogP) is 1.01. The van der Waals surface area contributed by atoms with Crippen LogP contribution < -0.4 is 15.5 Å². The van der Waals surface area contributed by atoms with Crippen LogP contribution in [0.2, 0.25) is 0 Å². The number of aromatic nitrogens is 2. The van der Waals surface area contributed by atoms with Crippen molar-refractivity contribution in [1.29, 1.82) is 0 Å². The van der Waals surface area contributed by atoms with E-state index in [4.69, 9.17) is 0 Å². The number of amides is 1. The number of nitrogens with one attached hydrogen (secondary N) is 2. The van der Waals surface area contributed by atoms with Gasteiger partial charge in [0.1, 0.15) is 5.82 Å². The molecule has 2 rings (SSSR count). The summed E-state index contributed by atoms with van der Waals surface area (Å²) >= 11 is 0. The fourth-order valence-corrected chi connectivity index (χ4v) is 2.49. The van der Waals surface area contributed by atoms with Crippen LogP contribution in [0.1, 0.15) is 26.7 Å². The summed E-state index contributed by atoms with van der Waals surface area (Å²) in [5, 5.41) is 5.95. The van der Waals surface area contributed by atoms with Crippen LogP contribution in [0, 0.1) is 0 Å². The Bertz CT molecular complexity index is 433. The quantitative estimate of drug-likeness (QED) is 0.852. The van der Waals surface area contributed by atoms with Crippen molar-refractivity contribution in [2.45, 2.75) is 38.8 Å². The number of rotatable bonds is 3. The van der Waals surface area contributed by atoms with E-state index in [9.17, 15) is 4.79 Å². The van der Waals surface area contributed by atoms with E-state index in [1.807, 2.05) is 7.05 Å². The van der Waals surface area contributed by atoms with Crippen LogP contribution >= 0.6 is 0 Å². The van der Waals surface area contributed by atoms with Crippen LogP contribution in [-0.2, 0) is 4.79 Å². The van der Waals surface area contributed by atoms with Gasteiger partial charge in [-0.2, -0.15) is 0 Å². The molecule has 1 amide bonds. The average Bonchev–Trinajstić information content (AvgIpc) is 2.39. The summed E-state index contributed by atoms with van der Waals surface area (Å²) in [5.41, 5.74) is 0. The van der Waals surface area contributed by atoms with Crippen molar-refractivity contribution in [2.75, 3.05) is 23.8 Å². The van der Waals surface area contributed by atoms with E-state index in [0.29, 0.717) is 17.9 Å². The molecule has 0 spiro atoms. The first-order chi connectivity index (χ1) is 9.10. The summed E-state index contributed by atoms with van der Waals surface area (Å²) in [7, 11) is 2.01. The monoisotopic (exact) mass is 263 g/mol. The highest BCUT2D eigenvalue weighted by molar-refractivity contribution is 5.87. The van der Waals surface area contributed by atoms with Gasteiger partial charge in [-0.3, -0.25) is 4.79 Å². The number of carbonyl (C=O) groups is 1. The summed E-state index contributed by atoms with van der Waals surface area (Å²) in [6.45, 7) is 4.63. The molecule has 19 heavy (non-hydrogen) atoms. The van der Waals surface area contributed by atoms with Gasteiger partial charge in [-0.25, -0.2) is 9.97 Å². The third-order valence-corrected chi connectivity index (χ3v) is 3.52. The summed E-state index contributed by atoms with van der Waals surface area (Å²) < 4.78 is 0. The maximum absolute atomic E-state index is 10.9. The Morgan fingerprint density at radius 3 is 2.74 bits per heavy atom. The molecule has 0 saturated carbocycles. The molecule has 0 aliphatic carbocycles.